The number of likely N-dealkylation sites (tertiary alicyclic amines) is 1. The second kappa shape index (κ2) is 8.41. The summed E-state index contributed by atoms with van der Waals surface area (Å²) in [5.41, 5.74) is -0.611. The minimum atomic E-state index is -1.02. The van der Waals surface area contributed by atoms with Crippen LogP contribution in [0.15, 0.2) is 18.2 Å². The minimum absolute atomic E-state index is 0.0257. The van der Waals surface area contributed by atoms with E-state index >= 15 is 0 Å². The molecule has 8 nitrogen and oxygen atoms in total. The highest BCUT2D eigenvalue weighted by molar-refractivity contribution is 6.39. The van der Waals surface area contributed by atoms with Gasteiger partial charge >= 0.3 is 17.8 Å². The first-order valence-electron chi connectivity index (χ1n) is 8.06. The molecule has 0 unspecified atom stereocenters. The SMILES string of the molecule is COC(=O)c1c(F)cccc1NC(=O)C(=O)N(C)CCN1CCCC1=O. The quantitative estimate of drug-likeness (QED) is 0.610. The molecule has 0 radical (unpaired) electrons. The third-order valence-corrected chi connectivity index (χ3v) is 4.07. The molecule has 0 atom stereocenters. The molecule has 0 aliphatic carbocycles. The van der Waals surface area contributed by atoms with E-state index in [9.17, 15) is 23.6 Å². The van der Waals surface area contributed by atoms with Gasteiger partial charge in [-0.1, -0.05) is 6.07 Å². The molecular formula is C17H20FN3O5. The minimum Gasteiger partial charge on any atom is -0.465 e. The van der Waals surface area contributed by atoms with Crippen LogP contribution in [-0.4, -0.2) is 67.3 Å². The molecule has 0 spiro atoms. The maximum Gasteiger partial charge on any atom is 0.342 e. The largest absolute Gasteiger partial charge is 0.465 e. The molecule has 1 N–H and O–H groups in total. The second-order valence-corrected chi connectivity index (χ2v) is 5.82. The fraction of sp³-hybridized carbons (Fsp3) is 0.412. The number of hydrogen-bond donors (Lipinski definition) is 1. The molecule has 1 aliphatic rings. The van der Waals surface area contributed by atoms with E-state index in [-0.39, 0.29) is 18.1 Å². The molecule has 0 aromatic heterocycles. The summed E-state index contributed by atoms with van der Waals surface area (Å²) < 4.78 is 18.3. The van der Waals surface area contributed by atoms with Crippen molar-refractivity contribution >= 4 is 29.4 Å². The standard InChI is InChI=1S/C17H20FN3O5/c1-20(9-10-21-8-4-7-13(21)22)16(24)15(23)19-12-6-3-5-11(18)14(12)17(25)26-2/h3,5-6H,4,7-10H2,1-2H3,(H,19,23). The Morgan fingerprint density at radius 2 is 2.08 bits per heavy atom. The van der Waals surface area contributed by atoms with Crippen LogP contribution in [0.2, 0.25) is 0 Å². The molecule has 26 heavy (non-hydrogen) atoms. The average molecular weight is 365 g/mol. The number of anilines is 1. The molecule has 1 saturated heterocycles. The van der Waals surface area contributed by atoms with Crippen LogP contribution in [0.3, 0.4) is 0 Å². The van der Waals surface area contributed by atoms with Crippen molar-refractivity contribution < 1.29 is 28.3 Å². The van der Waals surface area contributed by atoms with E-state index in [0.29, 0.717) is 19.5 Å². The van der Waals surface area contributed by atoms with Gasteiger partial charge in [0, 0.05) is 33.1 Å². The lowest BCUT2D eigenvalue weighted by atomic mass is 10.1. The van der Waals surface area contributed by atoms with Gasteiger partial charge in [-0.15, -0.1) is 0 Å². The molecule has 1 fully saturated rings. The van der Waals surface area contributed by atoms with Gasteiger partial charge in [-0.2, -0.15) is 0 Å². The molecule has 9 heteroatoms. The van der Waals surface area contributed by atoms with E-state index < -0.39 is 29.2 Å². The number of esters is 1. The summed E-state index contributed by atoms with van der Waals surface area (Å²) in [6, 6.07) is 3.64. The van der Waals surface area contributed by atoms with Crippen LogP contribution in [0.5, 0.6) is 0 Å². The summed E-state index contributed by atoms with van der Waals surface area (Å²) in [6.45, 7) is 1.16. The van der Waals surface area contributed by atoms with Crippen molar-refractivity contribution in [1.82, 2.24) is 9.80 Å². The Morgan fingerprint density at radius 3 is 2.69 bits per heavy atom. The van der Waals surface area contributed by atoms with Crippen LogP contribution in [0.25, 0.3) is 0 Å². The van der Waals surface area contributed by atoms with Crippen molar-refractivity contribution in [3.63, 3.8) is 0 Å². The number of nitrogens with zero attached hydrogens (tertiary/aromatic N) is 2. The van der Waals surface area contributed by atoms with Crippen LogP contribution in [-0.2, 0) is 19.1 Å². The molecule has 1 heterocycles. The van der Waals surface area contributed by atoms with Gasteiger partial charge in [0.2, 0.25) is 5.91 Å². The first-order chi connectivity index (χ1) is 12.3. The van der Waals surface area contributed by atoms with E-state index in [2.05, 4.69) is 10.1 Å². The monoisotopic (exact) mass is 365 g/mol. The molecular weight excluding hydrogens is 345 g/mol. The van der Waals surface area contributed by atoms with Crippen LogP contribution < -0.4 is 5.32 Å². The van der Waals surface area contributed by atoms with Crippen LogP contribution in [0.1, 0.15) is 23.2 Å². The van der Waals surface area contributed by atoms with Crippen LogP contribution in [0.4, 0.5) is 10.1 Å². The summed E-state index contributed by atoms with van der Waals surface area (Å²) in [5, 5.41) is 2.23. The Bertz CT molecular complexity index is 737. The van der Waals surface area contributed by atoms with E-state index in [1.54, 1.807) is 4.90 Å². The third-order valence-electron chi connectivity index (χ3n) is 4.07. The second-order valence-electron chi connectivity index (χ2n) is 5.82. The molecule has 0 saturated carbocycles. The molecule has 1 aromatic rings. The first kappa shape index (κ1) is 19.4. The van der Waals surface area contributed by atoms with Gasteiger partial charge in [-0.3, -0.25) is 14.4 Å². The molecule has 3 amide bonds. The number of benzene rings is 1. The summed E-state index contributed by atoms with van der Waals surface area (Å²) in [5.74, 6) is -3.69. The number of amides is 3. The highest BCUT2D eigenvalue weighted by Crippen LogP contribution is 2.20. The Morgan fingerprint density at radius 1 is 1.35 bits per heavy atom. The number of ether oxygens (including phenoxy) is 1. The molecule has 0 bridgehead atoms. The molecule has 1 aliphatic heterocycles. The van der Waals surface area contributed by atoms with Gasteiger partial charge in [0.1, 0.15) is 11.4 Å². The van der Waals surface area contributed by atoms with Crippen molar-refractivity contribution in [2.75, 3.05) is 39.1 Å². The zero-order chi connectivity index (χ0) is 19.3. The lowest BCUT2D eigenvalue weighted by Gasteiger charge is -2.21. The van der Waals surface area contributed by atoms with Gasteiger partial charge in [0.25, 0.3) is 0 Å². The van der Waals surface area contributed by atoms with Crippen molar-refractivity contribution in [2.45, 2.75) is 12.8 Å². The zero-order valence-corrected chi connectivity index (χ0v) is 14.6. The van der Waals surface area contributed by atoms with Crippen molar-refractivity contribution in [1.29, 1.82) is 0 Å². The average Bonchev–Trinajstić information content (AvgIpc) is 3.03. The van der Waals surface area contributed by atoms with Crippen molar-refractivity contribution in [2.24, 2.45) is 0 Å². The summed E-state index contributed by atoms with van der Waals surface area (Å²) >= 11 is 0. The lowest BCUT2D eigenvalue weighted by molar-refractivity contribution is -0.142. The van der Waals surface area contributed by atoms with Crippen molar-refractivity contribution in [3.05, 3.63) is 29.6 Å². The van der Waals surface area contributed by atoms with Gasteiger partial charge in [-0.25, -0.2) is 9.18 Å². The Kier molecular flexibility index (Phi) is 6.26. The Labute approximate surface area is 149 Å². The van der Waals surface area contributed by atoms with Crippen LogP contribution >= 0.6 is 0 Å². The maximum absolute atomic E-state index is 13.8. The van der Waals surface area contributed by atoms with Crippen LogP contribution in [0, 0.1) is 5.82 Å². The third kappa shape index (κ3) is 4.35. The topological polar surface area (TPSA) is 96.0 Å². The molecule has 140 valence electrons. The number of nitrogens with one attached hydrogen (secondary N) is 1. The molecule has 1 aromatic carbocycles. The lowest BCUT2D eigenvalue weighted by Crippen LogP contribution is -2.42. The number of halogens is 1. The number of likely N-dealkylation sites (N-methyl/N-ethyl adjacent to an activating group) is 1. The summed E-state index contributed by atoms with van der Waals surface area (Å²) in [4.78, 5) is 50.3. The Balaban J connectivity index is 2.00. The Hall–Kier alpha value is -2.97. The number of carbonyl (C=O) groups is 4. The number of carbonyl (C=O) groups excluding carboxylic acids is 4. The molecule has 2 rings (SSSR count). The smallest absolute Gasteiger partial charge is 0.342 e. The summed E-state index contributed by atoms with van der Waals surface area (Å²) in [6.07, 6.45) is 1.28. The fourth-order valence-electron chi connectivity index (χ4n) is 2.60. The normalized spacial score (nSPS) is 13.5. The predicted molar refractivity (Wildman–Crippen MR) is 89.8 cm³/mol. The first-order valence-corrected chi connectivity index (χ1v) is 8.06. The van der Waals surface area contributed by atoms with E-state index in [1.807, 2.05) is 0 Å². The maximum atomic E-state index is 13.8. The number of hydrogen-bond acceptors (Lipinski definition) is 5. The van der Waals surface area contributed by atoms with E-state index in [0.717, 1.165) is 24.5 Å². The van der Waals surface area contributed by atoms with Gasteiger partial charge in [-0.05, 0) is 18.6 Å². The number of methoxy groups -OCH3 is 1. The van der Waals surface area contributed by atoms with Gasteiger partial charge < -0.3 is 19.9 Å². The van der Waals surface area contributed by atoms with Gasteiger partial charge in [0.05, 0.1) is 12.8 Å². The zero-order valence-electron chi connectivity index (χ0n) is 14.6. The van der Waals surface area contributed by atoms with E-state index in [1.165, 1.54) is 19.2 Å². The highest BCUT2D eigenvalue weighted by Gasteiger charge is 2.25. The fourth-order valence-corrected chi connectivity index (χ4v) is 2.60. The van der Waals surface area contributed by atoms with E-state index in [4.69, 9.17) is 0 Å². The highest BCUT2D eigenvalue weighted by atomic mass is 19.1. The van der Waals surface area contributed by atoms with Gasteiger partial charge in [0.15, 0.2) is 0 Å². The van der Waals surface area contributed by atoms with Crippen molar-refractivity contribution in [3.8, 4) is 0 Å². The number of rotatable bonds is 5. The predicted octanol–water partition coefficient (Wildman–Crippen LogP) is 0.632. The summed E-state index contributed by atoms with van der Waals surface area (Å²) in [7, 11) is 2.51.